The van der Waals surface area contributed by atoms with Gasteiger partial charge >= 0.3 is 6.03 Å². The number of carbonyl (C=O) groups excluding carboxylic acids is 1. The standard InChI is InChI=1S/C26H34N4O3/c1-4-32-14-15-33-21-12-13-22-23(16-21)30(20-6-5-7-20)25(24(22)27)18-8-10-19(11-9-18)29-26(31)28-17(2)3/h8-13,16-17,20H,4-7,14-15,27H2,1-3H3,(H2,28,29,31). The maximum absolute atomic E-state index is 12.0. The molecular weight excluding hydrogens is 416 g/mol. The van der Waals surface area contributed by atoms with Crippen molar-refractivity contribution in [1.29, 1.82) is 0 Å². The summed E-state index contributed by atoms with van der Waals surface area (Å²) in [5.74, 6) is 0.822. The largest absolute Gasteiger partial charge is 0.491 e. The molecule has 1 heterocycles. The molecule has 33 heavy (non-hydrogen) atoms. The van der Waals surface area contributed by atoms with E-state index in [1.165, 1.54) is 6.42 Å². The molecule has 0 unspecified atom stereocenters. The quantitative estimate of drug-likeness (QED) is 0.372. The Balaban J connectivity index is 1.65. The number of benzene rings is 2. The van der Waals surface area contributed by atoms with Crippen LogP contribution >= 0.6 is 0 Å². The smallest absolute Gasteiger partial charge is 0.319 e. The van der Waals surface area contributed by atoms with Crippen LogP contribution in [0.1, 0.15) is 46.1 Å². The van der Waals surface area contributed by atoms with Gasteiger partial charge in [0.05, 0.1) is 23.5 Å². The van der Waals surface area contributed by atoms with Gasteiger partial charge in [0.1, 0.15) is 12.4 Å². The molecule has 4 N–H and O–H groups in total. The van der Waals surface area contributed by atoms with Gasteiger partial charge in [-0.25, -0.2) is 4.79 Å². The van der Waals surface area contributed by atoms with Crippen LogP contribution in [0.5, 0.6) is 5.75 Å². The lowest BCUT2D eigenvalue weighted by molar-refractivity contribution is 0.110. The van der Waals surface area contributed by atoms with E-state index in [0.717, 1.165) is 52.1 Å². The fraction of sp³-hybridized carbons (Fsp3) is 0.423. The third-order valence-corrected chi connectivity index (χ3v) is 5.99. The Morgan fingerprint density at radius 1 is 1.15 bits per heavy atom. The summed E-state index contributed by atoms with van der Waals surface area (Å²) >= 11 is 0. The van der Waals surface area contributed by atoms with Gasteiger partial charge in [-0.1, -0.05) is 12.1 Å². The molecule has 4 rings (SSSR count). The number of anilines is 2. The van der Waals surface area contributed by atoms with Gasteiger partial charge in [0.2, 0.25) is 0 Å². The second kappa shape index (κ2) is 10.2. The van der Waals surface area contributed by atoms with Crippen molar-refractivity contribution in [1.82, 2.24) is 9.88 Å². The van der Waals surface area contributed by atoms with Crippen LogP contribution in [0.25, 0.3) is 22.2 Å². The molecule has 0 radical (unpaired) electrons. The lowest BCUT2D eigenvalue weighted by Gasteiger charge is -2.30. The van der Waals surface area contributed by atoms with E-state index in [-0.39, 0.29) is 12.1 Å². The number of ether oxygens (including phenoxy) is 2. The zero-order valence-corrected chi connectivity index (χ0v) is 19.7. The van der Waals surface area contributed by atoms with E-state index >= 15 is 0 Å². The molecule has 0 aliphatic heterocycles. The first-order chi connectivity index (χ1) is 16.0. The highest BCUT2D eigenvalue weighted by molar-refractivity contribution is 6.02. The first-order valence-electron chi connectivity index (χ1n) is 11.8. The van der Waals surface area contributed by atoms with Gasteiger partial charge in [0.15, 0.2) is 0 Å². The molecule has 1 aliphatic rings. The van der Waals surface area contributed by atoms with Gasteiger partial charge in [-0.05, 0) is 64.3 Å². The Labute approximate surface area is 195 Å². The van der Waals surface area contributed by atoms with Gasteiger partial charge < -0.3 is 30.4 Å². The number of aromatic nitrogens is 1. The summed E-state index contributed by atoms with van der Waals surface area (Å²) in [6.45, 7) is 7.61. The predicted molar refractivity (Wildman–Crippen MR) is 134 cm³/mol. The van der Waals surface area contributed by atoms with Crippen LogP contribution in [0.2, 0.25) is 0 Å². The van der Waals surface area contributed by atoms with Crippen molar-refractivity contribution in [3.63, 3.8) is 0 Å². The number of fused-ring (bicyclic) bond motifs is 1. The number of nitrogens with one attached hydrogen (secondary N) is 2. The second-order valence-electron chi connectivity index (χ2n) is 8.77. The molecule has 0 saturated heterocycles. The van der Waals surface area contributed by atoms with E-state index in [1.807, 2.05) is 57.2 Å². The minimum Gasteiger partial charge on any atom is -0.491 e. The number of nitrogens with zero attached hydrogens (tertiary/aromatic N) is 1. The van der Waals surface area contributed by atoms with Crippen LogP contribution in [0.4, 0.5) is 16.2 Å². The van der Waals surface area contributed by atoms with Gasteiger partial charge in [-0.15, -0.1) is 0 Å². The molecule has 7 nitrogen and oxygen atoms in total. The topological polar surface area (TPSA) is 90.5 Å². The number of rotatable bonds is 9. The van der Waals surface area contributed by atoms with E-state index in [0.29, 0.717) is 25.9 Å². The van der Waals surface area contributed by atoms with Crippen molar-refractivity contribution < 1.29 is 14.3 Å². The van der Waals surface area contributed by atoms with Crippen molar-refractivity contribution in [2.24, 2.45) is 0 Å². The fourth-order valence-electron chi connectivity index (χ4n) is 4.23. The van der Waals surface area contributed by atoms with Gasteiger partial charge in [-0.3, -0.25) is 0 Å². The van der Waals surface area contributed by atoms with Crippen LogP contribution in [0.3, 0.4) is 0 Å². The highest BCUT2D eigenvalue weighted by atomic mass is 16.5. The summed E-state index contributed by atoms with van der Waals surface area (Å²) in [7, 11) is 0. The molecule has 0 spiro atoms. The second-order valence-corrected chi connectivity index (χ2v) is 8.77. The van der Waals surface area contributed by atoms with E-state index in [4.69, 9.17) is 15.2 Å². The number of nitrogen functional groups attached to an aromatic ring is 1. The van der Waals surface area contributed by atoms with Gasteiger partial charge in [0.25, 0.3) is 0 Å². The average Bonchev–Trinajstić information content (AvgIpc) is 3.02. The Hall–Kier alpha value is -3.19. The lowest BCUT2D eigenvalue weighted by Crippen LogP contribution is -2.34. The van der Waals surface area contributed by atoms with Gasteiger partial charge in [-0.2, -0.15) is 0 Å². The highest BCUT2D eigenvalue weighted by Gasteiger charge is 2.27. The zero-order valence-electron chi connectivity index (χ0n) is 19.7. The fourth-order valence-corrected chi connectivity index (χ4v) is 4.23. The Bertz CT molecular complexity index is 1100. The monoisotopic (exact) mass is 450 g/mol. The van der Waals surface area contributed by atoms with Crippen molar-refractivity contribution >= 4 is 28.3 Å². The average molecular weight is 451 g/mol. The minimum atomic E-state index is -0.210. The molecule has 2 aromatic carbocycles. The van der Waals surface area contributed by atoms with Crippen LogP contribution in [-0.2, 0) is 4.74 Å². The summed E-state index contributed by atoms with van der Waals surface area (Å²) in [4.78, 5) is 12.0. The molecule has 1 aromatic heterocycles. The van der Waals surface area contributed by atoms with Crippen LogP contribution in [0.15, 0.2) is 42.5 Å². The van der Waals surface area contributed by atoms with E-state index < -0.39 is 0 Å². The number of amides is 2. The first kappa shape index (κ1) is 23.0. The summed E-state index contributed by atoms with van der Waals surface area (Å²) in [5.41, 5.74) is 11.4. The van der Waals surface area contributed by atoms with Crippen molar-refractivity contribution in [3.8, 4) is 17.0 Å². The highest BCUT2D eigenvalue weighted by Crippen LogP contribution is 2.44. The number of carbonyl (C=O) groups is 1. The molecule has 7 heteroatoms. The van der Waals surface area contributed by atoms with Gasteiger partial charge in [0, 0.05) is 41.4 Å². The number of hydrogen-bond donors (Lipinski definition) is 3. The Kier molecular flexibility index (Phi) is 7.08. The van der Waals surface area contributed by atoms with E-state index in [1.54, 1.807) is 0 Å². The molecule has 3 aromatic rings. The molecular formula is C26H34N4O3. The molecule has 1 saturated carbocycles. The normalized spacial score (nSPS) is 13.8. The van der Waals surface area contributed by atoms with Crippen LogP contribution in [-0.4, -0.2) is 36.5 Å². The van der Waals surface area contributed by atoms with E-state index in [9.17, 15) is 4.79 Å². The summed E-state index contributed by atoms with van der Waals surface area (Å²) in [6, 6.07) is 14.3. The predicted octanol–water partition coefficient (Wildman–Crippen LogP) is 5.56. The maximum Gasteiger partial charge on any atom is 0.319 e. The van der Waals surface area contributed by atoms with Crippen LogP contribution < -0.4 is 21.1 Å². The third-order valence-electron chi connectivity index (χ3n) is 5.99. The number of urea groups is 1. The Morgan fingerprint density at radius 2 is 1.91 bits per heavy atom. The first-order valence-corrected chi connectivity index (χ1v) is 11.8. The van der Waals surface area contributed by atoms with Crippen molar-refractivity contribution in [2.45, 2.75) is 52.1 Å². The van der Waals surface area contributed by atoms with Crippen molar-refractivity contribution in [3.05, 3.63) is 42.5 Å². The number of nitrogens with two attached hydrogens (primary N) is 1. The van der Waals surface area contributed by atoms with Crippen LogP contribution in [0, 0.1) is 0 Å². The Morgan fingerprint density at radius 3 is 2.55 bits per heavy atom. The molecule has 1 fully saturated rings. The summed E-state index contributed by atoms with van der Waals surface area (Å²) < 4.78 is 13.7. The minimum absolute atomic E-state index is 0.0790. The lowest BCUT2D eigenvalue weighted by atomic mass is 9.92. The van der Waals surface area contributed by atoms with Crippen molar-refractivity contribution in [2.75, 3.05) is 30.9 Å². The SMILES string of the molecule is CCOCCOc1ccc2c(N)c(-c3ccc(NC(=O)NC(C)C)cc3)n(C3CCC3)c2c1. The summed E-state index contributed by atoms with van der Waals surface area (Å²) in [5, 5.41) is 6.75. The summed E-state index contributed by atoms with van der Waals surface area (Å²) in [6.07, 6.45) is 3.50. The zero-order chi connectivity index (χ0) is 23.4. The molecule has 1 aliphatic carbocycles. The molecule has 2 amide bonds. The van der Waals surface area contributed by atoms with E-state index in [2.05, 4.69) is 21.3 Å². The number of hydrogen-bond acceptors (Lipinski definition) is 4. The third kappa shape index (κ3) is 5.09. The molecule has 176 valence electrons. The molecule has 0 atom stereocenters. The molecule has 0 bridgehead atoms. The maximum atomic E-state index is 12.0.